The predicted molar refractivity (Wildman–Crippen MR) is 68.7 cm³/mol. The first-order chi connectivity index (χ1) is 9.22. The molecule has 5 nitrogen and oxygen atoms in total. The molecule has 1 aromatic carbocycles. The highest BCUT2D eigenvalue weighted by molar-refractivity contribution is 6.01. The third-order valence-electron chi connectivity index (χ3n) is 3.00. The minimum Gasteiger partial charge on any atom is -0.467 e. The van der Waals surface area contributed by atoms with E-state index in [9.17, 15) is 9.59 Å². The number of carbonyl (C=O) groups excluding carboxylic acids is 2. The summed E-state index contributed by atoms with van der Waals surface area (Å²) >= 11 is 0. The fourth-order valence-corrected chi connectivity index (χ4v) is 2.05. The lowest BCUT2D eigenvalue weighted by Gasteiger charge is -2.05. The molecule has 0 saturated heterocycles. The lowest BCUT2D eigenvalue weighted by molar-refractivity contribution is -0.115. The molecule has 96 valence electrons. The summed E-state index contributed by atoms with van der Waals surface area (Å²) in [6, 6.07) is 8.76. The van der Waals surface area contributed by atoms with Gasteiger partial charge >= 0.3 is 0 Å². The topological polar surface area (TPSA) is 71.3 Å². The van der Waals surface area contributed by atoms with E-state index in [1.165, 1.54) is 0 Å². The number of furan rings is 1. The van der Waals surface area contributed by atoms with Crippen LogP contribution < -0.4 is 10.6 Å². The van der Waals surface area contributed by atoms with Crippen molar-refractivity contribution in [2.75, 3.05) is 5.32 Å². The number of hydrogen-bond acceptors (Lipinski definition) is 3. The summed E-state index contributed by atoms with van der Waals surface area (Å²) in [5.41, 5.74) is 2.19. The zero-order valence-corrected chi connectivity index (χ0v) is 10.1. The van der Waals surface area contributed by atoms with Gasteiger partial charge in [0.05, 0.1) is 19.2 Å². The van der Waals surface area contributed by atoms with Gasteiger partial charge in [-0.1, -0.05) is 0 Å². The molecule has 0 fully saturated rings. The number of amides is 2. The molecule has 0 bridgehead atoms. The first-order valence-corrected chi connectivity index (χ1v) is 5.96. The first-order valence-electron chi connectivity index (χ1n) is 5.96. The number of anilines is 1. The Morgan fingerprint density at radius 2 is 2.26 bits per heavy atom. The van der Waals surface area contributed by atoms with Crippen molar-refractivity contribution in [3.8, 4) is 0 Å². The molecule has 0 spiro atoms. The SMILES string of the molecule is O=C1Cc2cc(C(=O)NCc3ccco3)ccc2N1. The summed E-state index contributed by atoms with van der Waals surface area (Å²) in [5, 5.41) is 5.50. The molecular weight excluding hydrogens is 244 g/mol. The fraction of sp³-hybridized carbons (Fsp3) is 0.143. The molecule has 0 atom stereocenters. The van der Waals surface area contributed by atoms with Crippen LogP contribution in [-0.2, 0) is 17.8 Å². The summed E-state index contributed by atoms with van der Waals surface area (Å²) in [5.74, 6) is 0.480. The minimum atomic E-state index is -0.182. The van der Waals surface area contributed by atoms with Crippen molar-refractivity contribution in [2.45, 2.75) is 13.0 Å². The van der Waals surface area contributed by atoms with E-state index in [4.69, 9.17) is 4.42 Å². The van der Waals surface area contributed by atoms with Crippen molar-refractivity contribution in [2.24, 2.45) is 0 Å². The largest absolute Gasteiger partial charge is 0.467 e. The van der Waals surface area contributed by atoms with Gasteiger partial charge in [0.15, 0.2) is 0 Å². The van der Waals surface area contributed by atoms with Crippen molar-refractivity contribution in [3.63, 3.8) is 0 Å². The average molecular weight is 256 g/mol. The van der Waals surface area contributed by atoms with Crippen LogP contribution in [0, 0.1) is 0 Å². The molecule has 0 unspecified atom stereocenters. The Kier molecular flexibility index (Phi) is 2.79. The number of hydrogen-bond donors (Lipinski definition) is 2. The number of benzene rings is 1. The quantitative estimate of drug-likeness (QED) is 0.878. The van der Waals surface area contributed by atoms with E-state index in [0.717, 1.165) is 11.3 Å². The van der Waals surface area contributed by atoms with Crippen LogP contribution in [0.2, 0.25) is 0 Å². The Bertz CT molecular complexity index is 632. The van der Waals surface area contributed by atoms with Gasteiger partial charge in [-0.15, -0.1) is 0 Å². The van der Waals surface area contributed by atoms with Crippen LogP contribution >= 0.6 is 0 Å². The molecule has 3 rings (SSSR count). The third-order valence-corrected chi connectivity index (χ3v) is 3.00. The maximum atomic E-state index is 12.0. The molecule has 19 heavy (non-hydrogen) atoms. The normalized spacial score (nSPS) is 12.9. The second-order valence-electron chi connectivity index (χ2n) is 4.36. The molecule has 1 aliphatic heterocycles. The monoisotopic (exact) mass is 256 g/mol. The Balaban J connectivity index is 1.70. The summed E-state index contributed by atoms with van der Waals surface area (Å²) < 4.78 is 5.14. The molecule has 5 heteroatoms. The standard InChI is InChI=1S/C14H12N2O3/c17-13-7-10-6-9(3-4-12(10)16-13)14(18)15-8-11-2-1-5-19-11/h1-6H,7-8H2,(H,15,18)(H,16,17). The second kappa shape index (κ2) is 4.61. The number of rotatable bonds is 3. The van der Waals surface area contributed by atoms with E-state index >= 15 is 0 Å². The lowest BCUT2D eigenvalue weighted by Crippen LogP contribution is -2.22. The van der Waals surface area contributed by atoms with Gasteiger partial charge in [0.2, 0.25) is 5.91 Å². The maximum Gasteiger partial charge on any atom is 0.251 e. The Hall–Kier alpha value is -2.56. The summed E-state index contributed by atoms with van der Waals surface area (Å²) in [6.45, 7) is 0.347. The molecule has 0 aliphatic carbocycles. The zero-order valence-electron chi connectivity index (χ0n) is 10.1. The van der Waals surface area contributed by atoms with Gasteiger partial charge in [-0.3, -0.25) is 9.59 Å². The van der Waals surface area contributed by atoms with Crippen molar-refractivity contribution in [1.29, 1.82) is 0 Å². The van der Waals surface area contributed by atoms with E-state index in [0.29, 0.717) is 24.3 Å². The maximum absolute atomic E-state index is 12.0. The summed E-state index contributed by atoms with van der Waals surface area (Å²) in [6.07, 6.45) is 1.89. The van der Waals surface area contributed by atoms with Crippen LogP contribution in [0.1, 0.15) is 21.7 Å². The van der Waals surface area contributed by atoms with Crippen LogP contribution in [-0.4, -0.2) is 11.8 Å². The molecule has 0 radical (unpaired) electrons. The number of carbonyl (C=O) groups is 2. The van der Waals surface area contributed by atoms with E-state index in [2.05, 4.69) is 10.6 Å². The van der Waals surface area contributed by atoms with Gasteiger partial charge in [-0.2, -0.15) is 0 Å². The van der Waals surface area contributed by atoms with Gasteiger partial charge in [0, 0.05) is 11.3 Å². The molecule has 1 aliphatic rings. The number of nitrogens with one attached hydrogen (secondary N) is 2. The zero-order chi connectivity index (χ0) is 13.2. The Morgan fingerprint density at radius 1 is 1.37 bits per heavy atom. The molecule has 2 heterocycles. The van der Waals surface area contributed by atoms with E-state index in [-0.39, 0.29) is 11.8 Å². The molecule has 2 N–H and O–H groups in total. The van der Waals surface area contributed by atoms with E-state index in [1.807, 2.05) is 0 Å². The number of fused-ring (bicyclic) bond motifs is 1. The summed E-state index contributed by atoms with van der Waals surface area (Å²) in [4.78, 5) is 23.2. The van der Waals surface area contributed by atoms with Gasteiger partial charge in [-0.05, 0) is 35.9 Å². The van der Waals surface area contributed by atoms with Gasteiger partial charge in [-0.25, -0.2) is 0 Å². The van der Waals surface area contributed by atoms with Gasteiger partial charge in [0.25, 0.3) is 5.91 Å². The average Bonchev–Trinajstić information content (AvgIpc) is 3.02. The van der Waals surface area contributed by atoms with E-state index in [1.54, 1.807) is 36.6 Å². The van der Waals surface area contributed by atoms with Crippen LogP contribution in [0.15, 0.2) is 41.0 Å². The predicted octanol–water partition coefficient (Wildman–Crippen LogP) is 1.70. The minimum absolute atomic E-state index is 0.0388. The first kappa shape index (κ1) is 11.5. The fourth-order valence-electron chi connectivity index (χ4n) is 2.05. The van der Waals surface area contributed by atoms with Crippen LogP contribution in [0.25, 0.3) is 0 Å². The molecular formula is C14H12N2O3. The summed E-state index contributed by atoms with van der Waals surface area (Å²) in [7, 11) is 0. The molecule has 2 amide bonds. The highest BCUT2D eigenvalue weighted by atomic mass is 16.3. The van der Waals surface area contributed by atoms with Crippen molar-refractivity contribution < 1.29 is 14.0 Å². The van der Waals surface area contributed by atoms with Crippen molar-refractivity contribution in [3.05, 3.63) is 53.5 Å². The third kappa shape index (κ3) is 2.35. The highest BCUT2D eigenvalue weighted by Crippen LogP contribution is 2.23. The van der Waals surface area contributed by atoms with Gasteiger partial charge in [0.1, 0.15) is 5.76 Å². The Labute approximate surface area is 109 Å². The highest BCUT2D eigenvalue weighted by Gasteiger charge is 2.19. The lowest BCUT2D eigenvalue weighted by atomic mass is 10.1. The van der Waals surface area contributed by atoms with Crippen molar-refractivity contribution >= 4 is 17.5 Å². The molecule has 2 aromatic rings. The van der Waals surface area contributed by atoms with E-state index < -0.39 is 0 Å². The Morgan fingerprint density at radius 3 is 3.05 bits per heavy atom. The second-order valence-corrected chi connectivity index (χ2v) is 4.36. The molecule has 1 aromatic heterocycles. The van der Waals surface area contributed by atoms with Gasteiger partial charge < -0.3 is 15.1 Å². The van der Waals surface area contributed by atoms with Crippen LogP contribution in [0.3, 0.4) is 0 Å². The molecule has 0 saturated carbocycles. The van der Waals surface area contributed by atoms with Crippen LogP contribution in [0.4, 0.5) is 5.69 Å². The van der Waals surface area contributed by atoms with Crippen molar-refractivity contribution in [1.82, 2.24) is 5.32 Å². The smallest absolute Gasteiger partial charge is 0.251 e. The van der Waals surface area contributed by atoms with Crippen LogP contribution in [0.5, 0.6) is 0 Å².